The molecule has 3 atom stereocenters. The van der Waals surface area contributed by atoms with Crippen molar-refractivity contribution in [3.63, 3.8) is 0 Å². The van der Waals surface area contributed by atoms with Gasteiger partial charge in [0.25, 0.3) is 5.91 Å². The van der Waals surface area contributed by atoms with Gasteiger partial charge in [-0.1, -0.05) is 60.7 Å². The van der Waals surface area contributed by atoms with E-state index in [1.165, 1.54) is 16.7 Å². The van der Waals surface area contributed by atoms with Gasteiger partial charge in [-0.3, -0.25) is 19.2 Å². The van der Waals surface area contributed by atoms with Crippen LogP contribution in [0.5, 0.6) is 0 Å². The van der Waals surface area contributed by atoms with E-state index in [1.54, 1.807) is 4.90 Å². The predicted molar refractivity (Wildman–Crippen MR) is 145 cm³/mol. The summed E-state index contributed by atoms with van der Waals surface area (Å²) in [7, 11) is 0. The Hall–Kier alpha value is -3.13. The van der Waals surface area contributed by atoms with E-state index in [1.807, 2.05) is 81.4 Å². The first-order valence-corrected chi connectivity index (χ1v) is 13.9. The number of benzene rings is 2. The fraction of sp³-hybridized carbons (Fsp3) is 0.448. The molecule has 3 unspecified atom stereocenters. The van der Waals surface area contributed by atoms with Crippen LogP contribution in [0.3, 0.4) is 0 Å². The first kappa shape index (κ1) is 26.9. The minimum Gasteiger partial charge on any atom is -0.350 e. The SMILES string of the molecule is CC(C)(C)NC(=O)C1CSCN1C(=O)C(=O)CN1C(=O)C(Cc2ccccc2)CC1Cc1ccccc1. The first-order chi connectivity index (χ1) is 17.6. The largest absolute Gasteiger partial charge is 0.350 e. The van der Waals surface area contributed by atoms with Gasteiger partial charge in [-0.15, -0.1) is 11.8 Å². The van der Waals surface area contributed by atoms with E-state index in [0.717, 1.165) is 11.1 Å². The van der Waals surface area contributed by atoms with Gasteiger partial charge in [0.2, 0.25) is 17.6 Å². The van der Waals surface area contributed by atoms with Crippen molar-refractivity contribution < 1.29 is 19.2 Å². The molecule has 1 N–H and O–H groups in total. The van der Waals surface area contributed by atoms with Crippen LogP contribution in [0.15, 0.2) is 60.7 Å². The smallest absolute Gasteiger partial charge is 0.293 e. The summed E-state index contributed by atoms with van der Waals surface area (Å²) < 4.78 is 0. The van der Waals surface area contributed by atoms with Gasteiger partial charge in [0.05, 0.1) is 12.4 Å². The van der Waals surface area contributed by atoms with Crippen molar-refractivity contribution in [3.8, 4) is 0 Å². The summed E-state index contributed by atoms with van der Waals surface area (Å²) in [6.07, 6.45) is 1.84. The highest BCUT2D eigenvalue weighted by atomic mass is 32.2. The number of likely N-dealkylation sites (tertiary alicyclic amines) is 1. The van der Waals surface area contributed by atoms with Gasteiger partial charge in [0, 0.05) is 23.3 Å². The second-order valence-corrected chi connectivity index (χ2v) is 11.9. The van der Waals surface area contributed by atoms with Crippen LogP contribution >= 0.6 is 11.8 Å². The van der Waals surface area contributed by atoms with Gasteiger partial charge in [-0.2, -0.15) is 0 Å². The van der Waals surface area contributed by atoms with Crippen LogP contribution in [-0.4, -0.2) is 69.1 Å². The van der Waals surface area contributed by atoms with Gasteiger partial charge in [0.1, 0.15) is 6.04 Å². The van der Waals surface area contributed by atoms with E-state index >= 15 is 0 Å². The minimum atomic E-state index is -0.697. The van der Waals surface area contributed by atoms with E-state index < -0.39 is 23.3 Å². The number of hydrogen-bond donors (Lipinski definition) is 1. The molecule has 2 aliphatic rings. The second-order valence-electron chi connectivity index (χ2n) is 10.9. The van der Waals surface area contributed by atoms with E-state index in [2.05, 4.69) is 5.32 Å². The Morgan fingerprint density at radius 3 is 2.14 bits per heavy atom. The summed E-state index contributed by atoms with van der Waals surface area (Å²) in [4.78, 5) is 55.6. The topological polar surface area (TPSA) is 86.8 Å². The number of carbonyl (C=O) groups is 4. The zero-order chi connectivity index (χ0) is 26.6. The van der Waals surface area contributed by atoms with Crippen LogP contribution in [0, 0.1) is 5.92 Å². The van der Waals surface area contributed by atoms with Gasteiger partial charge >= 0.3 is 0 Å². The highest BCUT2D eigenvalue weighted by Gasteiger charge is 2.43. The maximum absolute atomic E-state index is 13.5. The fourth-order valence-corrected chi connectivity index (χ4v) is 6.18. The van der Waals surface area contributed by atoms with Crippen molar-refractivity contribution in [3.05, 3.63) is 71.8 Å². The van der Waals surface area contributed by atoms with Crippen LogP contribution < -0.4 is 5.32 Å². The Morgan fingerprint density at radius 2 is 1.54 bits per heavy atom. The summed E-state index contributed by atoms with van der Waals surface area (Å²) in [5.41, 5.74) is 1.72. The quantitative estimate of drug-likeness (QED) is 0.540. The molecule has 0 bridgehead atoms. The third-order valence-electron chi connectivity index (χ3n) is 6.77. The van der Waals surface area contributed by atoms with E-state index in [-0.39, 0.29) is 36.2 Å². The fourth-order valence-electron chi connectivity index (χ4n) is 5.02. The maximum Gasteiger partial charge on any atom is 0.293 e. The van der Waals surface area contributed by atoms with Crippen LogP contribution in [0.1, 0.15) is 38.3 Å². The van der Waals surface area contributed by atoms with Gasteiger partial charge < -0.3 is 15.1 Å². The number of nitrogens with one attached hydrogen (secondary N) is 1. The zero-order valence-electron chi connectivity index (χ0n) is 21.7. The van der Waals surface area contributed by atoms with Gasteiger partial charge in [-0.05, 0) is 51.2 Å². The third-order valence-corrected chi connectivity index (χ3v) is 7.78. The molecule has 2 fully saturated rings. The lowest BCUT2D eigenvalue weighted by atomic mass is 9.94. The molecule has 37 heavy (non-hydrogen) atoms. The summed E-state index contributed by atoms with van der Waals surface area (Å²) in [5.74, 6) is -1.22. The Morgan fingerprint density at radius 1 is 0.946 bits per heavy atom. The third kappa shape index (κ3) is 6.80. The lowest BCUT2D eigenvalue weighted by Gasteiger charge is -2.28. The lowest BCUT2D eigenvalue weighted by Crippen LogP contribution is -2.54. The van der Waals surface area contributed by atoms with E-state index in [4.69, 9.17) is 0 Å². The molecule has 2 aromatic carbocycles. The van der Waals surface area contributed by atoms with Crippen molar-refractivity contribution >= 4 is 35.3 Å². The molecule has 0 spiro atoms. The Kier molecular flexibility index (Phi) is 8.37. The number of ketones is 1. The van der Waals surface area contributed by atoms with Crippen LogP contribution in [0.4, 0.5) is 0 Å². The standard InChI is InChI=1S/C29H35N3O4S/c1-29(2,3)30-26(34)24-18-37-19-32(24)28(36)25(33)17-31-23(15-21-12-8-5-9-13-21)16-22(27(31)35)14-20-10-6-4-7-11-20/h4-13,22-24H,14-19H2,1-3H3,(H,30,34). The molecule has 2 aliphatic heterocycles. The van der Waals surface area contributed by atoms with Gasteiger partial charge in [-0.25, -0.2) is 0 Å². The van der Waals surface area contributed by atoms with Crippen LogP contribution in [-0.2, 0) is 32.0 Å². The summed E-state index contributed by atoms with van der Waals surface area (Å²) in [5, 5.41) is 2.91. The molecule has 7 nitrogen and oxygen atoms in total. The highest BCUT2D eigenvalue weighted by molar-refractivity contribution is 7.99. The number of hydrogen-bond acceptors (Lipinski definition) is 5. The lowest BCUT2D eigenvalue weighted by molar-refractivity contribution is -0.149. The zero-order valence-corrected chi connectivity index (χ0v) is 22.5. The molecule has 0 aliphatic carbocycles. The molecule has 0 radical (unpaired) electrons. The molecule has 4 rings (SSSR count). The van der Waals surface area contributed by atoms with Crippen molar-refractivity contribution in [1.29, 1.82) is 0 Å². The molecule has 2 aromatic rings. The number of carbonyl (C=O) groups excluding carboxylic acids is 4. The number of thioether (sulfide) groups is 1. The normalized spacial score (nSPS) is 21.8. The van der Waals surface area contributed by atoms with E-state index in [9.17, 15) is 19.2 Å². The van der Waals surface area contributed by atoms with Crippen molar-refractivity contribution in [2.45, 2.75) is 57.7 Å². The molecule has 2 heterocycles. The summed E-state index contributed by atoms with van der Waals surface area (Å²) in [6.45, 7) is 5.36. The predicted octanol–water partition coefficient (Wildman–Crippen LogP) is 3.07. The minimum absolute atomic E-state index is 0.0937. The van der Waals surface area contributed by atoms with E-state index in [0.29, 0.717) is 25.0 Å². The summed E-state index contributed by atoms with van der Waals surface area (Å²) >= 11 is 1.45. The molecule has 8 heteroatoms. The Bertz CT molecular complexity index is 1130. The van der Waals surface area contributed by atoms with Gasteiger partial charge in [0.15, 0.2) is 0 Å². The highest BCUT2D eigenvalue weighted by Crippen LogP contribution is 2.30. The van der Waals surface area contributed by atoms with Crippen molar-refractivity contribution in [1.82, 2.24) is 15.1 Å². The number of amides is 3. The maximum atomic E-state index is 13.5. The Balaban J connectivity index is 1.48. The average Bonchev–Trinajstić information content (AvgIpc) is 3.45. The molecule has 196 valence electrons. The van der Waals surface area contributed by atoms with Crippen LogP contribution in [0.25, 0.3) is 0 Å². The van der Waals surface area contributed by atoms with Crippen LogP contribution in [0.2, 0.25) is 0 Å². The molecule has 3 amide bonds. The number of nitrogens with zero attached hydrogens (tertiary/aromatic N) is 2. The monoisotopic (exact) mass is 521 g/mol. The second kappa shape index (κ2) is 11.5. The van der Waals surface area contributed by atoms with Crippen molar-refractivity contribution in [2.75, 3.05) is 18.2 Å². The average molecular weight is 522 g/mol. The molecule has 0 saturated carbocycles. The molecule has 2 saturated heterocycles. The number of rotatable bonds is 8. The Labute approximate surface area is 223 Å². The summed E-state index contributed by atoms with van der Waals surface area (Å²) in [6, 6.07) is 18.9. The first-order valence-electron chi connectivity index (χ1n) is 12.7. The molecular formula is C29H35N3O4S. The van der Waals surface area contributed by atoms with Crippen molar-refractivity contribution in [2.24, 2.45) is 5.92 Å². The number of Topliss-reactive ketones (excluding diaryl/α,β-unsaturated/α-hetero) is 1. The molecule has 0 aromatic heterocycles. The molecular weight excluding hydrogens is 486 g/mol.